The van der Waals surface area contributed by atoms with E-state index in [4.69, 9.17) is 52.1 Å². The van der Waals surface area contributed by atoms with Gasteiger partial charge in [-0.2, -0.15) is 0 Å². The van der Waals surface area contributed by atoms with Crippen molar-refractivity contribution in [2.45, 2.75) is 0 Å². The van der Waals surface area contributed by atoms with Crippen LogP contribution in [-0.4, -0.2) is 22.1 Å². The lowest BCUT2D eigenvalue weighted by Crippen LogP contribution is -2.34. The number of thiocarbonyl (C=S) groups is 1. The van der Waals surface area contributed by atoms with Crippen LogP contribution in [0.15, 0.2) is 36.4 Å². The highest BCUT2D eigenvalue weighted by molar-refractivity contribution is 7.80. The second-order valence-electron chi connectivity index (χ2n) is 4.51. The van der Waals surface area contributed by atoms with E-state index < -0.39 is 11.9 Å². The second-order valence-corrected chi connectivity index (χ2v) is 6.14. The number of carboxylic acid groups (broad SMARTS) is 1. The first-order valence-electron chi connectivity index (χ1n) is 6.38. The summed E-state index contributed by atoms with van der Waals surface area (Å²) < 4.78 is 0. The van der Waals surface area contributed by atoms with Crippen molar-refractivity contribution in [1.82, 2.24) is 5.32 Å². The summed E-state index contributed by atoms with van der Waals surface area (Å²) in [5, 5.41) is 14.4. The van der Waals surface area contributed by atoms with Gasteiger partial charge in [-0.1, -0.05) is 46.9 Å². The molecule has 24 heavy (non-hydrogen) atoms. The first kappa shape index (κ1) is 18.5. The van der Waals surface area contributed by atoms with E-state index in [-0.39, 0.29) is 37.0 Å². The molecule has 0 fully saturated rings. The molecule has 0 radical (unpaired) electrons. The Hall–Kier alpha value is -1.86. The Kier molecular flexibility index (Phi) is 6.01. The Morgan fingerprint density at radius 2 is 1.58 bits per heavy atom. The van der Waals surface area contributed by atoms with Gasteiger partial charge >= 0.3 is 5.97 Å². The molecule has 2 rings (SSSR count). The van der Waals surface area contributed by atoms with E-state index in [9.17, 15) is 9.59 Å². The van der Waals surface area contributed by atoms with Crippen LogP contribution in [0.2, 0.25) is 15.1 Å². The van der Waals surface area contributed by atoms with E-state index in [1.807, 2.05) is 0 Å². The number of carboxylic acids is 1. The molecule has 0 atom stereocenters. The summed E-state index contributed by atoms with van der Waals surface area (Å²) in [5.74, 6) is -1.67. The van der Waals surface area contributed by atoms with Crippen LogP contribution in [0.1, 0.15) is 20.7 Å². The van der Waals surface area contributed by atoms with E-state index in [1.165, 1.54) is 12.1 Å². The lowest BCUT2D eigenvalue weighted by Gasteiger charge is -2.13. The van der Waals surface area contributed by atoms with Gasteiger partial charge in [-0.15, -0.1) is 0 Å². The van der Waals surface area contributed by atoms with E-state index in [1.54, 1.807) is 24.3 Å². The van der Waals surface area contributed by atoms with Crippen molar-refractivity contribution < 1.29 is 14.7 Å². The number of carbonyl (C=O) groups is 2. The second kappa shape index (κ2) is 7.81. The van der Waals surface area contributed by atoms with Gasteiger partial charge in [0, 0.05) is 0 Å². The summed E-state index contributed by atoms with van der Waals surface area (Å²) in [6.07, 6.45) is 0. The molecule has 0 aliphatic rings. The van der Waals surface area contributed by atoms with Crippen LogP contribution in [-0.2, 0) is 0 Å². The number of rotatable bonds is 3. The number of hydrogen-bond donors (Lipinski definition) is 3. The number of nitrogens with one attached hydrogen (secondary N) is 2. The Labute approximate surface area is 157 Å². The Balaban J connectivity index is 2.14. The highest BCUT2D eigenvalue weighted by atomic mass is 35.5. The summed E-state index contributed by atoms with van der Waals surface area (Å²) >= 11 is 23.0. The SMILES string of the molecule is O=C(O)c1cc(Cl)c(NC(=S)NC(=O)c2ccccc2Cl)c(Cl)c1. The minimum atomic E-state index is -1.17. The number of anilines is 1. The fraction of sp³-hybridized carbons (Fsp3) is 0. The first-order valence-corrected chi connectivity index (χ1v) is 7.93. The van der Waals surface area contributed by atoms with Crippen molar-refractivity contribution in [3.8, 4) is 0 Å². The summed E-state index contributed by atoms with van der Waals surface area (Å²) in [7, 11) is 0. The minimum absolute atomic E-state index is 0.0502. The smallest absolute Gasteiger partial charge is 0.335 e. The monoisotopic (exact) mass is 402 g/mol. The largest absolute Gasteiger partial charge is 0.478 e. The fourth-order valence-corrected chi connectivity index (χ4v) is 2.77. The van der Waals surface area contributed by atoms with Crippen molar-refractivity contribution in [3.63, 3.8) is 0 Å². The van der Waals surface area contributed by atoms with E-state index in [0.717, 1.165) is 0 Å². The maximum absolute atomic E-state index is 12.1. The lowest BCUT2D eigenvalue weighted by molar-refractivity contribution is 0.0696. The van der Waals surface area contributed by atoms with Crippen LogP contribution in [0.4, 0.5) is 5.69 Å². The average molecular weight is 404 g/mol. The number of benzene rings is 2. The Morgan fingerprint density at radius 1 is 1.00 bits per heavy atom. The van der Waals surface area contributed by atoms with Gasteiger partial charge in [0.15, 0.2) is 5.11 Å². The van der Waals surface area contributed by atoms with Gasteiger partial charge in [0.1, 0.15) is 0 Å². The highest BCUT2D eigenvalue weighted by Crippen LogP contribution is 2.32. The molecular formula is C15H9Cl3N2O3S. The number of hydrogen-bond acceptors (Lipinski definition) is 3. The molecule has 2 aromatic carbocycles. The van der Waals surface area contributed by atoms with E-state index >= 15 is 0 Å². The fourth-order valence-electron chi connectivity index (χ4n) is 1.78. The highest BCUT2D eigenvalue weighted by Gasteiger charge is 2.15. The molecule has 1 amide bonds. The molecule has 0 bridgehead atoms. The molecule has 2 aromatic rings. The quantitative estimate of drug-likeness (QED) is 0.659. The standard InChI is InChI=1S/C15H9Cl3N2O3S/c16-9-4-2-1-3-8(9)13(21)20-15(24)19-12-10(17)5-7(14(22)23)6-11(12)18/h1-6H,(H,22,23)(H2,19,20,21,24). The zero-order chi connectivity index (χ0) is 17.9. The van der Waals surface area contributed by atoms with Crippen LogP contribution >= 0.6 is 47.0 Å². The average Bonchev–Trinajstić information content (AvgIpc) is 2.50. The third-order valence-electron chi connectivity index (χ3n) is 2.87. The van der Waals surface area contributed by atoms with Gasteiger partial charge in [0.25, 0.3) is 5.91 Å². The van der Waals surface area contributed by atoms with Gasteiger partial charge in [0.05, 0.1) is 31.9 Å². The van der Waals surface area contributed by atoms with Crippen molar-refractivity contribution in [1.29, 1.82) is 0 Å². The Morgan fingerprint density at radius 3 is 2.12 bits per heavy atom. The molecule has 0 saturated carbocycles. The lowest BCUT2D eigenvalue weighted by atomic mass is 10.2. The molecule has 0 saturated heterocycles. The molecule has 0 heterocycles. The molecule has 124 valence electrons. The predicted molar refractivity (Wildman–Crippen MR) is 98.6 cm³/mol. The molecule has 0 aromatic heterocycles. The maximum atomic E-state index is 12.1. The molecule has 0 unspecified atom stereocenters. The minimum Gasteiger partial charge on any atom is -0.478 e. The normalized spacial score (nSPS) is 10.1. The molecule has 0 spiro atoms. The zero-order valence-corrected chi connectivity index (χ0v) is 14.9. The van der Waals surface area contributed by atoms with Crippen LogP contribution in [0.3, 0.4) is 0 Å². The van der Waals surface area contributed by atoms with Gasteiger partial charge in [0.2, 0.25) is 0 Å². The number of carbonyl (C=O) groups excluding carboxylic acids is 1. The third-order valence-corrected chi connectivity index (χ3v) is 4.00. The summed E-state index contributed by atoms with van der Waals surface area (Å²) in [5.41, 5.74) is 0.371. The van der Waals surface area contributed by atoms with Crippen molar-refractivity contribution in [3.05, 3.63) is 62.6 Å². The van der Waals surface area contributed by atoms with Crippen molar-refractivity contribution in [2.24, 2.45) is 0 Å². The maximum Gasteiger partial charge on any atom is 0.335 e. The summed E-state index contributed by atoms with van der Waals surface area (Å²) in [4.78, 5) is 23.1. The molecule has 3 N–H and O–H groups in total. The van der Waals surface area contributed by atoms with Crippen molar-refractivity contribution in [2.75, 3.05) is 5.32 Å². The Bertz CT molecular complexity index is 819. The summed E-state index contributed by atoms with van der Waals surface area (Å²) in [6.45, 7) is 0. The number of aromatic carboxylic acids is 1. The van der Waals surface area contributed by atoms with Crippen LogP contribution in [0.5, 0.6) is 0 Å². The van der Waals surface area contributed by atoms with Gasteiger partial charge in [-0.25, -0.2) is 4.79 Å². The van der Waals surface area contributed by atoms with Gasteiger partial charge in [-0.3, -0.25) is 10.1 Å². The van der Waals surface area contributed by atoms with Crippen LogP contribution in [0.25, 0.3) is 0 Å². The predicted octanol–water partition coefficient (Wildman–Crippen LogP) is 4.47. The molecule has 0 aliphatic heterocycles. The molecule has 9 heteroatoms. The number of halogens is 3. The van der Waals surface area contributed by atoms with Gasteiger partial charge in [-0.05, 0) is 36.5 Å². The van der Waals surface area contributed by atoms with Crippen LogP contribution in [0, 0.1) is 0 Å². The third kappa shape index (κ3) is 4.36. The molecule has 0 aliphatic carbocycles. The summed E-state index contributed by atoms with van der Waals surface area (Å²) in [6, 6.07) is 8.91. The van der Waals surface area contributed by atoms with Crippen molar-refractivity contribution >= 4 is 69.7 Å². The van der Waals surface area contributed by atoms with E-state index in [0.29, 0.717) is 0 Å². The molecule has 5 nitrogen and oxygen atoms in total. The van der Waals surface area contributed by atoms with E-state index in [2.05, 4.69) is 10.6 Å². The zero-order valence-electron chi connectivity index (χ0n) is 11.8. The van der Waals surface area contributed by atoms with Gasteiger partial charge < -0.3 is 10.4 Å². The molecular weight excluding hydrogens is 395 g/mol. The topological polar surface area (TPSA) is 78.4 Å². The van der Waals surface area contributed by atoms with Crippen LogP contribution < -0.4 is 10.6 Å². The number of amides is 1. The first-order chi connectivity index (χ1) is 11.3.